The number of aryl methyl sites for hydroxylation is 2. The number of anilines is 1. The summed E-state index contributed by atoms with van der Waals surface area (Å²) in [5.74, 6) is -0.122. The van der Waals surface area contributed by atoms with Crippen LogP contribution in [0.1, 0.15) is 21.5 Å². The highest BCUT2D eigenvalue weighted by Gasteiger charge is 2.10. The number of nitrogens with zero attached hydrogens (tertiary/aromatic N) is 2. The third kappa shape index (κ3) is 3.55. The van der Waals surface area contributed by atoms with Crippen LogP contribution in [-0.2, 0) is 0 Å². The number of benzene rings is 3. The Morgan fingerprint density at radius 2 is 1.70 bits per heavy atom. The second kappa shape index (κ2) is 7.00. The van der Waals surface area contributed by atoms with Gasteiger partial charge in [-0.15, -0.1) is 0 Å². The van der Waals surface area contributed by atoms with Crippen LogP contribution in [0.4, 0.5) is 5.69 Å². The third-order valence-electron chi connectivity index (χ3n) is 4.51. The van der Waals surface area contributed by atoms with Crippen molar-refractivity contribution in [2.75, 3.05) is 5.32 Å². The largest absolute Gasteiger partial charge is 0.322 e. The number of carbonyl (C=O) groups excluding carboxylic acids is 1. The maximum Gasteiger partial charge on any atom is 0.255 e. The van der Waals surface area contributed by atoms with Crippen LogP contribution in [0.5, 0.6) is 0 Å². The van der Waals surface area contributed by atoms with E-state index in [9.17, 15) is 4.79 Å². The van der Waals surface area contributed by atoms with Crippen molar-refractivity contribution in [1.82, 2.24) is 9.97 Å². The fourth-order valence-electron chi connectivity index (χ4n) is 2.99. The standard InChI is InChI=1S/C23H19N3O/c1-15-6-5-7-18(12-15)23(27)26-21-13-17(11-10-16(21)2)22-14-24-19-8-3-4-9-20(19)25-22/h3-14H,1-2H3,(H,26,27). The molecule has 1 N–H and O–H groups in total. The maximum atomic E-state index is 12.6. The topological polar surface area (TPSA) is 54.9 Å². The number of fused-ring (bicyclic) bond motifs is 1. The van der Waals surface area contributed by atoms with E-state index in [0.717, 1.165) is 39.1 Å². The second-order valence-corrected chi connectivity index (χ2v) is 6.60. The van der Waals surface area contributed by atoms with E-state index >= 15 is 0 Å². The zero-order valence-electron chi connectivity index (χ0n) is 15.2. The van der Waals surface area contributed by atoms with E-state index in [1.54, 1.807) is 6.20 Å². The third-order valence-corrected chi connectivity index (χ3v) is 4.51. The van der Waals surface area contributed by atoms with Crippen LogP contribution in [0.2, 0.25) is 0 Å². The number of para-hydroxylation sites is 2. The smallest absolute Gasteiger partial charge is 0.255 e. The Hall–Kier alpha value is -3.53. The summed E-state index contributed by atoms with van der Waals surface area (Å²) in [7, 11) is 0. The average molecular weight is 353 g/mol. The van der Waals surface area contributed by atoms with Crippen LogP contribution >= 0.6 is 0 Å². The maximum absolute atomic E-state index is 12.6. The molecule has 1 aromatic heterocycles. The van der Waals surface area contributed by atoms with E-state index in [0.29, 0.717) is 5.56 Å². The number of amides is 1. The van der Waals surface area contributed by atoms with Crippen LogP contribution in [0.15, 0.2) is 72.9 Å². The molecule has 1 heterocycles. The molecule has 132 valence electrons. The quantitative estimate of drug-likeness (QED) is 0.553. The zero-order valence-corrected chi connectivity index (χ0v) is 15.2. The summed E-state index contributed by atoms with van der Waals surface area (Å²) in [6.45, 7) is 3.95. The molecule has 0 unspecified atom stereocenters. The van der Waals surface area contributed by atoms with Crippen molar-refractivity contribution in [3.05, 3.63) is 89.6 Å². The molecule has 0 spiro atoms. The van der Waals surface area contributed by atoms with Crippen molar-refractivity contribution in [2.24, 2.45) is 0 Å². The molecule has 0 aliphatic carbocycles. The van der Waals surface area contributed by atoms with Gasteiger partial charge in [-0.25, -0.2) is 4.98 Å². The molecule has 4 nitrogen and oxygen atoms in total. The highest BCUT2D eigenvalue weighted by molar-refractivity contribution is 6.05. The molecule has 0 aliphatic rings. The first kappa shape index (κ1) is 16.9. The lowest BCUT2D eigenvalue weighted by molar-refractivity contribution is 0.102. The monoisotopic (exact) mass is 353 g/mol. The first-order valence-electron chi connectivity index (χ1n) is 8.81. The number of hydrogen-bond donors (Lipinski definition) is 1. The summed E-state index contributed by atoms with van der Waals surface area (Å²) in [4.78, 5) is 21.8. The molecule has 3 aromatic carbocycles. The Bertz CT molecular complexity index is 1150. The number of nitrogens with one attached hydrogen (secondary N) is 1. The van der Waals surface area contributed by atoms with Gasteiger partial charge in [0.1, 0.15) is 0 Å². The number of hydrogen-bond acceptors (Lipinski definition) is 3. The molecule has 0 radical (unpaired) electrons. The minimum atomic E-state index is -0.122. The number of aromatic nitrogens is 2. The molecule has 0 saturated heterocycles. The van der Waals surface area contributed by atoms with Crippen LogP contribution in [0, 0.1) is 13.8 Å². The van der Waals surface area contributed by atoms with Crippen molar-refractivity contribution in [1.29, 1.82) is 0 Å². The Kier molecular flexibility index (Phi) is 4.38. The molecule has 0 aliphatic heterocycles. The van der Waals surface area contributed by atoms with Gasteiger partial charge in [0.25, 0.3) is 5.91 Å². The van der Waals surface area contributed by atoms with Crippen LogP contribution in [0.25, 0.3) is 22.3 Å². The first-order valence-corrected chi connectivity index (χ1v) is 8.81. The highest BCUT2D eigenvalue weighted by Crippen LogP contribution is 2.25. The molecule has 0 saturated carbocycles. The van der Waals surface area contributed by atoms with Gasteiger partial charge in [0, 0.05) is 16.8 Å². The Balaban J connectivity index is 1.67. The first-order chi connectivity index (χ1) is 13.1. The summed E-state index contributed by atoms with van der Waals surface area (Å²) in [6.07, 6.45) is 1.76. The van der Waals surface area contributed by atoms with Gasteiger partial charge >= 0.3 is 0 Å². The summed E-state index contributed by atoms with van der Waals surface area (Å²) in [5, 5.41) is 3.01. The van der Waals surface area contributed by atoms with E-state index in [-0.39, 0.29) is 5.91 Å². The van der Waals surface area contributed by atoms with Gasteiger partial charge < -0.3 is 5.32 Å². The van der Waals surface area contributed by atoms with Crippen molar-refractivity contribution < 1.29 is 4.79 Å². The van der Waals surface area contributed by atoms with Gasteiger partial charge in [0.05, 0.1) is 22.9 Å². The molecular formula is C23H19N3O. The van der Waals surface area contributed by atoms with Gasteiger partial charge in [-0.1, -0.05) is 42.0 Å². The molecule has 4 heteroatoms. The van der Waals surface area contributed by atoms with E-state index in [1.807, 2.05) is 80.6 Å². The fraction of sp³-hybridized carbons (Fsp3) is 0.0870. The molecule has 1 amide bonds. The van der Waals surface area contributed by atoms with Gasteiger partial charge in [-0.05, 0) is 49.7 Å². The number of rotatable bonds is 3. The minimum Gasteiger partial charge on any atom is -0.322 e. The second-order valence-electron chi connectivity index (χ2n) is 6.60. The summed E-state index contributed by atoms with van der Waals surface area (Å²) < 4.78 is 0. The Labute approximate surface area is 157 Å². The fourth-order valence-corrected chi connectivity index (χ4v) is 2.99. The van der Waals surface area contributed by atoms with Crippen molar-refractivity contribution in [2.45, 2.75) is 13.8 Å². The summed E-state index contributed by atoms with van der Waals surface area (Å²) in [6, 6.07) is 21.3. The van der Waals surface area contributed by atoms with Crippen LogP contribution < -0.4 is 5.32 Å². The molecule has 0 fully saturated rings. The molecule has 0 bridgehead atoms. The van der Waals surface area contributed by atoms with Crippen molar-refractivity contribution in [3.63, 3.8) is 0 Å². The van der Waals surface area contributed by atoms with Gasteiger partial charge in [0.15, 0.2) is 0 Å². The van der Waals surface area contributed by atoms with Crippen LogP contribution in [0.3, 0.4) is 0 Å². The predicted molar refractivity (Wildman–Crippen MR) is 109 cm³/mol. The van der Waals surface area contributed by atoms with Crippen LogP contribution in [-0.4, -0.2) is 15.9 Å². The highest BCUT2D eigenvalue weighted by atomic mass is 16.1. The normalized spacial score (nSPS) is 10.7. The lowest BCUT2D eigenvalue weighted by atomic mass is 10.1. The molecule has 4 aromatic rings. The van der Waals surface area contributed by atoms with Crippen molar-refractivity contribution >= 4 is 22.6 Å². The van der Waals surface area contributed by atoms with Crippen molar-refractivity contribution in [3.8, 4) is 11.3 Å². The van der Waals surface area contributed by atoms with Gasteiger partial charge in [-0.2, -0.15) is 0 Å². The Morgan fingerprint density at radius 1 is 0.889 bits per heavy atom. The number of carbonyl (C=O) groups is 1. The molecule has 27 heavy (non-hydrogen) atoms. The SMILES string of the molecule is Cc1cccc(C(=O)Nc2cc(-c3cnc4ccccc4n3)ccc2C)c1. The zero-order chi connectivity index (χ0) is 18.8. The summed E-state index contributed by atoms with van der Waals surface area (Å²) in [5.41, 5.74) is 6.87. The van der Waals surface area contributed by atoms with E-state index in [2.05, 4.69) is 15.3 Å². The molecule has 4 rings (SSSR count). The van der Waals surface area contributed by atoms with Gasteiger partial charge in [-0.3, -0.25) is 9.78 Å². The summed E-state index contributed by atoms with van der Waals surface area (Å²) >= 11 is 0. The molecular weight excluding hydrogens is 334 g/mol. The minimum absolute atomic E-state index is 0.122. The van der Waals surface area contributed by atoms with E-state index in [4.69, 9.17) is 0 Å². The van der Waals surface area contributed by atoms with E-state index in [1.165, 1.54) is 0 Å². The van der Waals surface area contributed by atoms with Gasteiger partial charge in [0.2, 0.25) is 0 Å². The lowest BCUT2D eigenvalue weighted by Gasteiger charge is -2.11. The predicted octanol–water partition coefficient (Wildman–Crippen LogP) is 5.17. The lowest BCUT2D eigenvalue weighted by Crippen LogP contribution is -2.13. The van der Waals surface area contributed by atoms with E-state index < -0.39 is 0 Å². The molecule has 0 atom stereocenters. The Morgan fingerprint density at radius 3 is 2.52 bits per heavy atom. The average Bonchev–Trinajstić information content (AvgIpc) is 2.69.